The highest BCUT2D eigenvalue weighted by Crippen LogP contribution is 2.40. The van der Waals surface area contributed by atoms with Gasteiger partial charge in [0.2, 0.25) is 0 Å². The Morgan fingerprint density at radius 2 is 2.07 bits per heavy atom. The predicted molar refractivity (Wildman–Crippen MR) is 63.9 cm³/mol. The smallest absolute Gasteiger partial charge is 0.144 e. The molecule has 0 radical (unpaired) electrons. The van der Waals surface area contributed by atoms with Crippen LogP contribution in [-0.4, -0.2) is 26.2 Å². The van der Waals surface area contributed by atoms with E-state index in [1.807, 2.05) is 12.1 Å². The summed E-state index contributed by atoms with van der Waals surface area (Å²) in [5.74, 6) is 0.932. The maximum absolute atomic E-state index is 5.38. The van der Waals surface area contributed by atoms with Gasteiger partial charge >= 0.3 is 0 Å². The first kappa shape index (κ1) is 10.1. The molecule has 0 saturated carbocycles. The van der Waals surface area contributed by atoms with Crippen molar-refractivity contribution in [1.29, 1.82) is 0 Å². The molecule has 0 spiro atoms. The summed E-state index contributed by atoms with van der Waals surface area (Å²) in [6.07, 6.45) is 0. The van der Waals surface area contributed by atoms with Gasteiger partial charge in [0.1, 0.15) is 11.4 Å². The molecule has 0 saturated heterocycles. The molecule has 3 heteroatoms. The van der Waals surface area contributed by atoms with Crippen molar-refractivity contribution in [2.45, 2.75) is 25.9 Å². The first-order valence-electron chi connectivity index (χ1n) is 5.31. The number of methoxy groups -OCH3 is 1. The van der Waals surface area contributed by atoms with Crippen LogP contribution in [0.5, 0.6) is 5.75 Å². The maximum Gasteiger partial charge on any atom is 0.144 e. The summed E-state index contributed by atoms with van der Waals surface area (Å²) < 4.78 is 5.38. The first-order chi connectivity index (χ1) is 7.15. The second-order valence-corrected chi connectivity index (χ2v) is 4.14. The maximum atomic E-state index is 5.38. The molecular weight excluding hydrogens is 188 g/mol. The van der Waals surface area contributed by atoms with E-state index in [-0.39, 0.29) is 0 Å². The molecule has 1 aliphatic rings. The Hall–Kier alpha value is -1.38. The lowest BCUT2D eigenvalue weighted by Crippen LogP contribution is -2.45. The number of rotatable bonds is 1. The lowest BCUT2D eigenvalue weighted by atomic mass is 10.0. The number of fused-ring (bicyclic) bond motifs is 1. The molecule has 1 aromatic rings. The minimum Gasteiger partial charge on any atom is -0.495 e. The van der Waals surface area contributed by atoms with Crippen LogP contribution in [0.2, 0.25) is 0 Å². The number of para-hydroxylation sites is 1. The molecular formula is C12H18N2O. The van der Waals surface area contributed by atoms with Gasteiger partial charge in [0.25, 0.3) is 0 Å². The van der Waals surface area contributed by atoms with Gasteiger partial charge in [0, 0.05) is 19.1 Å². The van der Waals surface area contributed by atoms with Crippen molar-refractivity contribution in [3.05, 3.63) is 18.2 Å². The molecule has 82 valence electrons. The SMILES string of the molecule is COc1cccc2c1N(C)C(C)C(C)N2. The average Bonchev–Trinajstić information content (AvgIpc) is 2.25. The Labute approximate surface area is 91.0 Å². The molecule has 0 fully saturated rings. The average molecular weight is 206 g/mol. The third-order valence-electron chi connectivity index (χ3n) is 3.29. The molecule has 0 amide bonds. The highest BCUT2D eigenvalue weighted by atomic mass is 16.5. The number of ether oxygens (including phenoxy) is 1. The van der Waals surface area contributed by atoms with E-state index in [4.69, 9.17) is 4.74 Å². The highest BCUT2D eigenvalue weighted by Gasteiger charge is 2.27. The Morgan fingerprint density at radius 3 is 2.73 bits per heavy atom. The third kappa shape index (κ3) is 1.52. The van der Waals surface area contributed by atoms with Crippen LogP contribution in [0.15, 0.2) is 18.2 Å². The summed E-state index contributed by atoms with van der Waals surface area (Å²) in [4.78, 5) is 2.27. The Morgan fingerprint density at radius 1 is 1.33 bits per heavy atom. The number of nitrogens with one attached hydrogen (secondary N) is 1. The normalized spacial score (nSPS) is 24.4. The van der Waals surface area contributed by atoms with Crippen LogP contribution < -0.4 is 15.0 Å². The van der Waals surface area contributed by atoms with Gasteiger partial charge in [-0.25, -0.2) is 0 Å². The Balaban J connectivity index is 2.50. The molecule has 1 aliphatic heterocycles. The second kappa shape index (κ2) is 3.65. The monoisotopic (exact) mass is 206 g/mol. The molecule has 3 nitrogen and oxygen atoms in total. The summed E-state index contributed by atoms with van der Waals surface area (Å²) in [6, 6.07) is 7.03. The molecule has 2 atom stereocenters. The summed E-state index contributed by atoms with van der Waals surface area (Å²) in [5, 5.41) is 3.49. The molecule has 0 aromatic heterocycles. The van der Waals surface area contributed by atoms with Gasteiger partial charge in [-0.15, -0.1) is 0 Å². The van der Waals surface area contributed by atoms with Crippen molar-refractivity contribution in [2.24, 2.45) is 0 Å². The van der Waals surface area contributed by atoms with Gasteiger partial charge in [-0.2, -0.15) is 0 Å². The fourth-order valence-corrected chi connectivity index (χ4v) is 2.07. The largest absolute Gasteiger partial charge is 0.495 e. The predicted octanol–water partition coefficient (Wildman–Crippen LogP) is 2.33. The van der Waals surface area contributed by atoms with Gasteiger partial charge in [-0.05, 0) is 26.0 Å². The van der Waals surface area contributed by atoms with Gasteiger partial charge in [0.05, 0.1) is 12.8 Å². The molecule has 0 aliphatic carbocycles. The molecule has 1 aromatic carbocycles. The summed E-state index contributed by atoms with van der Waals surface area (Å²) in [7, 11) is 3.83. The number of nitrogens with zero attached hydrogens (tertiary/aromatic N) is 1. The van der Waals surface area contributed by atoms with E-state index < -0.39 is 0 Å². The van der Waals surface area contributed by atoms with E-state index in [1.54, 1.807) is 7.11 Å². The molecule has 2 unspecified atom stereocenters. The quantitative estimate of drug-likeness (QED) is 0.763. The Kier molecular flexibility index (Phi) is 2.47. The van der Waals surface area contributed by atoms with Crippen LogP contribution in [-0.2, 0) is 0 Å². The van der Waals surface area contributed by atoms with E-state index in [1.165, 1.54) is 0 Å². The van der Waals surface area contributed by atoms with Gasteiger partial charge in [-0.3, -0.25) is 0 Å². The molecule has 0 bridgehead atoms. The summed E-state index contributed by atoms with van der Waals surface area (Å²) in [5.41, 5.74) is 2.31. The van der Waals surface area contributed by atoms with Crippen LogP contribution in [0, 0.1) is 0 Å². The van der Waals surface area contributed by atoms with E-state index in [9.17, 15) is 0 Å². The van der Waals surface area contributed by atoms with E-state index in [2.05, 4.69) is 37.2 Å². The lowest BCUT2D eigenvalue weighted by Gasteiger charge is -2.40. The van der Waals surface area contributed by atoms with Crippen LogP contribution >= 0.6 is 0 Å². The summed E-state index contributed by atoms with van der Waals surface area (Å²) in [6.45, 7) is 4.41. The number of benzene rings is 1. The molecule has 1 heterocycles. The van der Waals surface area contributed by atoms with Crippen molar-refractivity contribution >= 4 is 11.4 Å². The standard InChI is InChI=1S/C12H18N2O/c1-8-9(2)14(3)12-10(13-8)6-5-7-11(12)15-4/h5-9,13H,1-4H3. The fraction of sp³-hybridized carbons (Fsp3) is 0.500. The minimum absolute atomic E-state index is 0.453. The zero-order valence-electron chi connectivity index (χ0n) is 9.74. The second-order valence-electron chi connectivity index (χ2n) is 4.14. The Bertz CT molecular complexity index is 365. The zero-order chi connectivity index (χ0) is 11.0. The van der Waals surface area contributed by atoms with E-state index in [0.717, 1.165) is 17.1 Å². The van der Waals surface area contributed by atoms with Gasteiger partial charge < -0.3 is 15.0 Å². The number of hydrogen-bond donors (Lipinski definition) is 1. The number of hydrogen-bond acceptors (Lipinski definition) is 3. The van der Waals surface area contributed by atoms with E-state index in [0.29, 0.717) is 12.1 Å². The summed E-state index contributed by atoms with van der Waals surface area (Å²) >= 11 is 0. The number of anilines is 2. The van der Waals surface area contributed by atoms with Crippen molar-refractivity contribution in [2.75, 3.05) is 24.4 Å². The van der Waals surface area contributed by atoms with Gasteiger partial charge in [-0.1, -0.05) is 6.07 Å². The third-order valence-corrected chi connectivity index (χ3v) is 3.29. The lowest BCUT2D eigenvalue weighted by molar-refractivity contribution is 0.412. The zero-order valence-corrected chi connectivity index (χ0v) is 9.74. The highest BCUT2D eigenvalue weighted by molar-refractivity contribution is 5.79. The topological polar surface area (TPSA) is 24.5 Å². The van der Waals surface area contributed by atoms with E-state index >= 15 is 0 Å². The minimum atomic E-state index is 0.453. The first-order valence-corrected chi connectivity index (χ1v) is 5.31. The fourth-order valence-electron chi connectivity index (χ4n) is 2.07. The van der Waals surface area contributed by atoms with Crippen LogP contribution in [0.4, 0.5) is 11.4 Å². The van der Waals surface area contributed by atoms with Crippen molar-refractivity contribution in [1.82, 2.24) is 0 Å². The van der Waals surface area contributed by atoms with Gasteiger partial charge in [0.15, 0.2) is 0 Å². The molecule has 2 rings (SSSR count). The molecule has 1 N–H and O–H groups in total. The van der Waals surface area contributed by atoms with Crippen LogP contribution in [0.3, 0.4) is 0 Å². The molecule has 15 heavy (non-hydrogen) atoms. The van der Waals surface area contributed by atoms with Crippen LogP contribution in [0.1, 0.15) is 13.8 Å². The van der Waals surface area contributed by atoms with Crippen LogP contribution in [0.25, 0.3) is 0 Å². The number of likely N-dealkylation sites (N-methyl/N-ethyl adjacent to an activating group) is 1. The van der Waals surface area contributed by atoms with Crippen molar-refractivity contribution in [3.8, 4) is 5.75 Å². The van der Waals surface area contributed by atoms with Crippen molar-refractivity contribution in [3.63, 3.8) is 0 Å². The van der Waals surface area contributed by atoms with Crippen molar-refractivity contribution < 1.29 is 4.74 Å².